The summed E-state index contributed by atoms with van der Waals surface area (Å²) in [5, 5.41) is 14.4. The molecule has 5 rings (SSSR count). The molecule has 158 valence electrons. The monoisotopic (exact) mass is 422 g/mol. The number of imidazole rings is 1. The molecular weight excluding hydrogens is 398 g/mol. The molecule has 0 saturated heterocycles. The van der Waals surface area contributed by atoms with E-state index in [-0.39, 0.29) is 6.10 Å². The lowest BCUT2D eigenvalue weighted by Gasteiger charge is -2.22. The van der Waals surface area contributed by atoms with Gasteiger partial charge in [0.25, 0.3) is 5.82 Å². The number of nitrogens with zero attached hydrogens (tertiary/aromatic N) is 3. The fourth-order valence-electron chi connectivity index (χ4n) is 4.39. The van der Waals surface area contributed by atoms with E-state index >= 15 is 0 Å². The highest BCUT2D eigenvalue weighted by Crippen LogP contribution is 2.29. The maximum atomic E-state index is 9.85. The van der Waals surface area contributed by atoms with Crippen LogP contribution in [0.2, 0.25) is 0 Å². The summed E-state index contributed by atoms with van der Waals surface area (Å²) >= 11 is 0. The summed E-state index contributed by atoms with van der Waals surface area (Å²) in [4.78, 5) is 3.41. The highest BCUT2D eigenvalue weighted by Gasteiger charge is 2.25. The van der Waals surface area contributed by atoms with Crippen molar-refractivity contribution in [2.24, 2.45) is 5.10 Å². The number of hydrogen-bond acceptors (Lipinski definition) is 4. The van der Waals surface area contributed by atoms with Crippen molar-refractivity contribution < 1.29 is 9.14 Å². The predicted molar refractivity (Wildman–Crippen MR) is 127 cm³/mol. The molecule has 6 heteroatoms. The van der Waals surface area contributed by atoms with Crippen LogP contribution in [0.15, 0.2) is 59.2 Å². The molecule has 3 heterocycles. The number of hydrazone groups is 1. The number of anilines is 1. The molecule has 1 unspecified atom stereocenters. The van der Waals surface area contributed by atoms with Crippen LogP contribution in [0.3, 0.4) is 0 Å². The summed E-state index contributed by atoms with van der Waals surface area (Å²) in [6.07, 6.45) is 4.60. The van der Waals surface area contributed by atoms with Crippen LogP contribution < -0.4 is 14.6 Å². The van der Waals surface area contributed by atoms with Gasteiger partial charge in [0, 0.05) is 16.7 Å². The summed E-state index contributed by atoms with van der Waals surface area (Å²) in [5.74, 6) is 1.75. The van der Waals surface area contributed by atoms with Crippen LogP contribution in [-0.4, -0.2) is 17.3 Å². The van der Waals surface area contributed by atoms with E-state index in [4.69, 9.17) is 4.74 Å². The molecule has 32 heavy (non-hydrogen) atoms. The van der Waals surface area contributed by atoms with Crippen molar-refractivity contribution in [3.63, 3.8) is 0 Å². The quantitative estimate of drug-likeness (QED) is 0.279. The Labute approximate surface area is 186 Å². The van der Waals surface area contributed by atoms with E-state index in [2.05, 4.69) is 39.0 Å². The summed E-state index contributed by atoms with van der Waals surface area (Å²) in [6.45, 7) is 6.11. The lowest BCUT2D eigenvalue weighted by atomic mass is 10.0. The maximum Gasteiger partial charge on any atom is 0.253 e. The fraction of sp³-hybridized carbons (Fsp3) is 0.192. The molecule has 4 aromatic rings. The zero-order chi connectivity index (χ0) is 22.2. The van der Waals surface area contributed by atoms with Crippen LogP contribution in [0.4, 0.5) is 5.82 Å². The Balaban J connectivity index is 1.62. The van der Waals surface area contributed by atoms with Crippen LogP contribution in [0.5, 0.6) is 5.75 Å². The van der Waals surface area contributed by atoms with Crippen molar-refractivity contribution in [1.29, 1.82) is 5.26 Å². The first-order valence-corrected chi connectivity index (χ1v) is 10.8. The first-order chi connectivity index (χ1) is 15.6. The van der Waals surface area contributed by atoms with Crippen LogP contribution in [0.1, 0.15) is 36.1 Å². The number of hydrogen-bond donors (Lipinski definition) is 2. The summed E-state index contributed by atoms with van der Waals surface area (Å²) in [5.41, 5.74) is 10.7. The third-order valence-corrected chi connectivity index (χ3v) is 6.06. The minimum atomic E-state index is -0.0930. The molecule has 2 aromatic heterocycles. The molecule has 1 aliphatic rings. The first-order valence-electron chi connectivity index (χ1n) is 10.8. The number of pyridine rings is 1. The Morgan fingerprint density at radius 1 is 1.22 bits per heavy atom. The maximum absolute atomic E-state index is 9.85. The Hall–Kier alpha value is -4.11. The molecule has 0 fully saturated rings. The molecule has 0 radical (unpaired) electrons. The van der Waals surface area contributed by atoms with Gasteiger partial charge in [-0.3, -0.25) is 4.98 Å². The SMILES string of the molecule is CCc1c(C)c(C#N)c2[nH]c3ccccc3[n+]2c1NN=CC1=Cc2ccccc2OC1C. The average molecular weight is 423 g/mol. The minimum Gasteiger partial charge on any atom is -0.485 e. The molecule has 1 aliphatic heterocycles. The molecular formula is C26H24N5O+. The van der Waals surface area contributed by atoms with Crippen LogP contribution in [0, 0.1) is 18.3 Å². The number of para-hydroxylation sites is 3. The number of rotatable bonds is 4. The smallest absolute Gasteiger partial charge is 0.253 e. The Morgan fingerprint density at radius 2 is 2.00 bits per heavy atom. The zero-order valence-corrected chi connectivity index (χ0v) is 18.3. The van der Waals surface area contributed by atoms with E-state index in [9.17, 15) is 5.26 Å². The second-order valence-corrected chi connectivity index (χ2v) is 7.93. The van der Waals surface area contributed by atoms with E-state index < -0.39 is 0 Å². The summed E-state index contributed by atoms with van der Waals surface area (Å²) in [7, 11) is 0. The van der Waals surface area contributed by atoms with Crippen LogP contribution in [0.25, 0.3) is 22.8 Å². The van der Waals surface area contributed by atoms with Crippen molar-refractivity contribution >= 4 is 34.8 Å². The lowest BCUT2D eigenvalue weighted by molar-refractivity contribution is -0.465. The largest absolute Gasteiger partial charge is 0.485 e. The fourth-order valence-corrected chi connectivity index (χ4v) is 4.39. The van der Waals surface area contributed by atoms with Crippen molar-refractivity contribution in [3.8, 4) is 11.8 Å². The van der Waals surface area contributed by atoms with Crippen LogP contribution >= 0.6 is 0 Å². The second kappa shape index (κ2) is 7.86. The number of ether oxygens (including phenoxy) is 1. The van der Waals surface area contributed by atoms with Gasteiger partial charge in [-0.2, -0.15) is 15.1 Å². The summed E-state index contributed by atoms with van der Waals surface area (Å²) in [6, 6.07) is 18.4. The third-order valence-electron chi connectivity index (χ3n) is 6.06. The van der Waals surface area contributed by atoms with E-state index in [1.807, 2.05) is 68.6 Å². The van der Waals surface area contributed by atoms with Gasteiger partial charge < -0.3 is 4.74 Å². The molecule has 0 aliphatic carbocycles. The Morgan fingerprint density at radius 3 is 2.81 bits per heavy atom. The van der Waals surface area contributed by atoms with E-state index in [1.54, 1.807) is 0 Å². The molecule has 2 aromatic carbocycles. The molecule has 0 spiro atoms. The number of aromatic amines is 1. The Bertz CT molecular complexity index is 1450. The lowest BCUT2D eigenvalue weighted by Crippen LogP contribution is -2.28. The zero-order valence-electron chi connectivity index (χ0n) is 18.3. The van der Waals surface area contributed by atoms with Crippen LogP contribution in [-0.2, 0) is 6.42 Å². The van der Waals surface area contributed by atoms with Crippen molar-refractivity contribution in [1.82, 2.24) is 4.98 Å². The van der Waals surface area contributed by atoms with Gasteiger partial charge in [0.1, 0.15) is 34.5 Å². The number of nitriles is 1. The molecule has 0 saturated carbocycles. The molecule has 0 amide bonds. The minimum absolute atomic E-state index is 0.0930. The number of fused-ring (bicyclic) bond motifs is 4. The van der Waals surface area contributed by atoms with Gasteiger partial charge in [-0.15, -0.1) is 5.10 Å². The van der Waals surface area contributed by atoms with Gasteiger partial charge >= 0.3 is 0 Å². The van der Waals surface area contributed by atoms with Crippen molar-refractivity contribution in [3.05, 3.63) is 76.4 Å². The standard InChI is InChI=1S/C26H23N5O/c1-4-20-16(2)21(14-27)25-29-22-10-6-7-11-23(22)31(25)26(20)30-28-15-19-13-18-9-5-8-12-24(18)32-17(19)3/h5-13,15,17H,4H2,1-3H3,(H,29,30)/p+1. The van der Waals surface area contributed by atoms with Crippen molar-refractivity contribution in [2.45, 2.75) is 33.3 Å². The van der Waals surface area contributed by atoms with Crippen molar-refractivity contribution in [2.75, 3.05) is 5.43 Å². The number of benzene rings is 2. The van der Waals surface area contributed by atoms with Gasteiger partial charge in [-0.1, -0.05) is 37.3 Å². The topological polar surface area (TPSA) is 77.3 Å². The normalized spacial score (nSPS) is 15.4. The Kier molecular flexibility index (Phi) is 4.87. The molecule has 2 N–H and O–H groups in total. The average Bonchev–Trinajstić information content (AvgIpc) is 3.18. The predicted octanol–water partition coefficient (Wildman–Crippen LogP) is 4.91. The van der Waals surface area contributed by atoms with Gasteiger partial charge in [-0.05, 0) is 50.1 Å². The van der Waals surface area contributed by atoms with Gasteiger partial charge in [0.05, 0.1) is 6.21 Å². The first kappa shape index (κ1) is 19.8. The molecule has 0 bridgehead atoms. The highest BCUT2D eigenvalue weighted by molar-refractivity contribution is 5.89. The number of nitrogens with one attached hydrogen (secondary N) is 2. The second-order valence-electron chi connectivity index (χ2n) is 7.93. The summed E-state index contributed by atoms with van der Waals surface area (Å²) < 4.78 is 8.08. The third kappa shape index (κ3) is 3.10. The van der Waals surface area contributed by atoms with Gasteiger partial charge in [0.2, 0.25) is 5.65 Å². The molecule has 6 nitrogen and oxygen atoms in total. The van der Waals surface area contributed by atoms with E-state index in [0.29, 0.717) is 5.56 Å². The van der Waals surface area contributed by atoms with E-state index in [0.717, 1.165) is 56.9 Å². The van der Waals surface area contributed by atoms with Gasteiger partial charge in [-0.25, -0.2) is 0 Å². The number of aromatic nitrogens is 2. The molecule has 1 atom stereocenters. The van der Waals surface area contributed by atoms with Gasteiger partial charge in [0.15, 0.2) is 0 Å². The highest BCUT2D eigenvalue weighted by atomic mass is 16.5. The number of H-pyrrole nitrogens is 1. The van der Waals surface area contributed by atoms with E-state index in [1.165, 1.54) is 0 Å².